The highest BCUT2D eigenvalue weighted by molar-refractivity contribution is 6.61. The van der Waals surface area contributed by atoms with E-state index in [9.17, 15) is 0 Å². The van der Waals surface area contributed by atoms with Gasteiger partial charge in [-0.2, -0.15) is 0 Å². The van der Waals surface area contributed by atoms with Crippen LogP contribution in [-0.2, 0) is 13.3 Å². The van der Waals surface area contributed by atoms with Crippen LogP contribution in [0.1, 0.15) is 90.9 Å². The third kappa shape index (κ3) is 6.10. The fourth-order valence-electron chi connectivity index (χ4n) is 3.98. The summed E-state index contributed by atoms with van der Waals surface area (Å²) in [5, 5.41) is 0. The van der Waals surface area contributed by atoms with Crippen LogP contribution in [0.2, 0.25) is 6.04 Å². The van der Waals surface area contributed by atoms with Gasteiger partial charge in [0.2, 0.25) is 0 Å². The maximum absolute atomic E-state index is 6.39. The number of rotatable bonds is 13. The minimum atomic E-state index is -2.48. The van der Waals surface area contributed by atoms with Crippen molar-refractivity contribution in [2.75, 3.05) is 6.54 Å². The van der Waals surface area contributed by atoms with Gasteiger partial charge in [0.1, 0.15) is 0 Å². The Bertz CT molecular complexity index is 345. The Morgan fingerprint density at radius 1 is 0.833 bits per heavy atom. The fourth-order valence-corrected chi connectivity index (χ4v) is 7.02. The van der Waals surface area contributed by atoms with Crippen molar-refractivity contribution in [1.82, 2.24) is 0 Å². The van der Waals surface area contributed by atoms with Gasteiger partial charge in [-0.15, -0.1) is 0 Å². The highest BCUT2D eigenvalue weighted by Gasteiger charge is 2.57. The van der Waals surface area contributed by atoms with Gasteiger partial charge >= 0.3 is 8.80 Å². The van der Waals surface area contributed by atoms with E-state index >= 15 is 0 Å². The summed E-state index contributed by atoms with van der Waals surface area (Å²) in [6, 6.07) is 0.779. The maximum atomic E-state index is 6.39. The minimum Gasteiger partial charge on any atom is -0.370 e. The summed E-state index contributed by atoms with van der Waals surface area (Å²) in [5.41, 5.74) is 5.82. The fraction of sp³-hybridized carbons (Fsp3) is 1.00. The lowest BCUT2D eigenvalue weighted by Gasteiger charge is -2.33. The molecule has 0 amide bonds. The van der Waals surface area contributed by atoms with Crippen molar-refractivity contribution in [3.63, 3.8) is 0 Å². The second-order valence-electron chi connectivity index (χ2n) is 7.56. The molecular formula is C19H39NO3Si. The smallest absolute Gasteiger partial charge is 0.370 e. The third-order valence-corrected chi connectivity index (χ3v) is 8.26. The highest BCUT2D eigenvalue weighted by atomic mass is 28.4. The van der Waals surface area contributed by atoms with E-state index in [1.165, 1.54) is 57.8 Å². The Morgan fingerprint density at radius 3 is 2.21 bits per heavy atom. The number of fused-ring (bicyclic) bond motifs is 2. The Balaban J connectivity index is 1.80. The van der Waals surface area contributed by atoms with Crippen LogP contribution in [0, 0.1) is 0 Å². The number of unbranched alkanes of at least 4 members (excludes halogenated alkanes) is 7. The first kappa shape index (κ1) is 20.4. The molecule has 0 spiro atoms. The van der Waals surface area contributed by atoms with Crippen molar-refractivity contribution >= 4 is 8.80 Å². The standard InChI is InChI=1S/C19H39NO3Si/c1-3-5-7-9-11-13-18-19-16-17(12-10-8-6-4-2)21-24(22-18,23-19)15-14-20/h17-19H,3-16,20H2,1-2H3. The molecule has 2 saturated heterocycles. The highest BCUT2D eigenvalue weighted by Crippen LogP contribution is 2.40. The van der Waals surface area contributed by atoms with E-state index in [1.54, 1.807) is 0 Å². The van der Waals surface area contributed by atoms with Gasteiger partial charge in [-0.1, -0.05) is 71.6 Å². The van der Waals surface area contributed by atoms with Crippen LogP contribution in [0.4, 0.5) is 0 Å². The molecule has 0 aromatic rings. The molecule has 0 radical (unpaired) electrons. The van der Waals surface area contributed by atoms with Gasteiger partial charge < -0.3 is 19.0 Å². The van der Waals surface area contributed by atoms with E-state index in [1.807, 2.05) is 0 Å². The van der Waals surface area contributed by atoms with Crippen LogP contribution in [0.3, 0.4) is 0 Å². The predicted molar refractivity (Wildman–Crippen MR) is 101 cm³/mol. The molecule has 2 fully saturated rings. The molecule has 142 valence electrons. The van der Waals surface area contributed by atoms with Crippen molar-refractivity contribution in [2.24, 2.45) is 5.73 Å². The van der Waals surface area contributed by atoms with Gasteiger partial charge in [-0.05, 0) is 19.4 Å². The second-order valence-corrected chi connectivity index (χ2v) is 10.1. The zero-order chi connectivity index (χ0) is 17.3. The molecule has 0 saturated carbocycles. The van der Waals surface area contributed by atoms with Gasteiger partial charge in [0.05, 0.1) is 18.3 Å². The Labute approximate surface area is 150 Å². The first-order valence-corrected chi connectivity index (χ1v) is 12.4. The average molecular weight is 358 g/mol. The van der Waals surface area contributed by atoms with Crippen LogP contribution in [0.25, 0.3) is 0 Å². The van der Waals surface area contributed by atoms with Crippen LogP contribution >= 0.6 is 0 Å². The number of nitrogens with two attached hydrogens (primary N) is 1. The predicted octanol–water partition coefficient (Wildman–Crippen LogP) is 4.79. The molecule has 2 aliphatic rings. The van der Waals surface area contributed by atoms with Gasteiger partial charge in [-0.25, -0.2) is 0 Å². The minimum absolute atomic E-state index is 0.255. The van der Waals surface area contributed by atoms with Crippen molar-refractivity contribution in [3.8, 4) is 0 Å². The first-order chi connectivity index (χ1) is 11.7. The molecule has 5 heteroatoms. The summed E-state index contributed by atoms with van der Waals surface area (Å²) >= 11 is 0. The van der Waals surface area contributed by atoms with Crippen molar-refractivity contribution in [1.29, 1.82) is 0 Å². The average Bonchev–Trinajstić information content (AvgIpc) is 2.82. The summed E-state index contributed by atoms with van der Waals surface area (Å²) in [6.45, 7) is 5.12. The van der Waals surface area contributed by atoms with Crippen molar-refractivity contribution in [2.45, 2.75) is 115 Å². The van der Waals surface area contributed by atoms with Crippen molar-refractivity contribution < 1.29 is 13.3 Å². The van der Waals surface area contributed by atoms with E-state index in [4.69, 9.17) is 19.0 Å². The molecular weight excluding hydrogens is 318 g/mol. The van der Waals surface area contributed by atoms with E-state index in [-0.39, 0.29) is 12.2 Å². The number of hydrogen-bond acceptors (Lipinski definition) is 4. The van der Waals surface area contributed by atoms with Gasteiger partial charge in [-0.3, -0.25) is 0 Å². The van der Waals surface area contributed by atoms with Crippen LogP contribution in [-0.4, -0.2) is 33.7 Å². The van der Waals surface area contributed by atoms with Crippen LogP contribution in [0.5, 0.6) is 0 Å². The van der Waals surface area contributed by atoms with Gasteiger partial charge in [0, 0.05) is 12.5 Å². The first-order valence-electron chi connectivity index (χ1n) is 10.5. The lowest BCUT2D eigenvalue weighted by Crippen LogP contribution is -2.49. The SMILES string of the molecule is CCCCCCCC1O[Si]2(CCN)OC(CCCCCC)CC1O2. The van der Waals surface area contributed by atoms with E-state index in [2.05, 4.69) is 13.8 Å². The zero-order valence-electron chi connectivity index (χ0n) is 15.9. The summed E-state index contributed by atoms with van der Waals surface area (Å²) in [5.74, 6) is 0. The Kier molecular flexibility index (Phi) is 9.26. The van der Waals surface area contributed by atoms with E-state index in [0.717, 1.165) is 25.3 Å². The van der Waals surface area contributed by atoms with Crippen LogP contribution < -0.4 is 5.73 Å². The summed E-state index contributed by atoms with van der Waals surface area (Å²) < 4.78 is 19.1. The molecule has 2 N–H and O–H groups in total. The van der Waals surface area contributed by atoms with E-state index in [0.29, 0.717) is 12.6 Å². The molecule has 0 aromatic carbocycles. The summed E-state index contributed by atoms with van der Waals surface area (Å²) in [7, 11) is -2.48. The molecule has 2 bridgehead atoms. The summed E-state index contributed by atoms with van der Waals surface area (Å²) in [6.07, 6.45) is 15.9. The third-order valence-electron chi connectivity index (χ3n) is 5.34. The topological polar surface area (TPSA) is 53.7 Å². The number of hydrogen-bond donors (Lipinski definition) is 1. The molecule has 2 heterocycles. The Hall–Kier alpha value is 0.0569. The van der Waals surface area contributed by atoms with Crippen LogP contribution in [0.15, 0.2) is 0 Å². The largest absolute Gasteiger partial charge is 0.503 e. The molecule has 0 aliphatic carbocycles. The molecule has 2 aliphatic heterocycles. The second kappa shape index (κ2) is 10.9. The Morgan fingerprint density at radius 2 is 1.50 bits per heavy atom. The van der Waals surface area contributed by atoms with Gasteiger partial charge in [0.25, 0.3) is 0 Å². The quantitative estimate of drug-likeness (QED) is 0.380. The molecule has 0 aromatic heterocycles. The maximum Gasteiger partial charge on any atom is 0.503 e. The van der Waals surface area contributed by atoms with Crippen molar-refractivity contribution in [3.05, 3.63) is 0 Å². The molecule has 4 nitrogen and oxygen atoms in total. The molecule has 4 unspecified atom stereocenters. The zero-order valence-corrected chi connectivity index (χ0v) is 16.9. The summed E-state index contributed by atoms with van der Waals surface area (Å²) in [4.78, 5) is 0. The van der Waals surface area contributed by atoms with E-state index < -0.39 is 8.80 Å². The van der Waals surface area contributed by atoms with Gasteiger partial charge in [0.15, 0.2) is 0 Å². The monoisotopic (exact) mass is 357 g/mol. The lowest BCUT2D eigenvalue weighted by molar-refractivity contribution is 0.00897. The lowest BCUT2D eigenvalue weighted by atomic mass is 9.98. The molecule has 2 rings (SSSR count). The molecule has 4 atom stereocenters. The molecule has 24 heavy (non-hydrogen) atoms. The normalized spacial score (nSPS) is 32.4.